The van der Waals surface area contributed by atoms with E-state index in [1.54, 1.807) is 53.2 Å². The van der Waals surface area contributed by atoms with Gasteiger partial charge in [-0.15, -0.1) is 0 Å². The molecule has 1 rings (SSSR count). The summed E-state index contributed by atoms with van der Waals surface area (Å²) in [6.07, 6.45) is -0.525. The second-order valence-corrected chi connectivity index (χ2v) is 5.54. The fourth-order valence-electron chi connectivity index (χ4n) is 1.83. The minimum atomic E-state index is -0.568. The van der Waals surface area contributed by atoms with Gasteiger partial charge in [0.1, 0.15) is 17.1 Å². The molecule has 0 saturated carbocycles. The number of benzene rings is 1. The maximum Gasteiger partial charge on any atom is 0.408 e. The predicted octanol–water partition coefficient (Wildman–Crippen LogP) is 2.23. The van der Waals surface area contributed by atoms with E-state index in [2.05, 4.69) is 5.32 Å². The van der Waals surface area contributed by atoms with Crippen LogP contribution in [-0.4, -0.2) is 32.5 Å². The third-order valence-corrected chi connectivity index (χ3v) is 2.74. The highest BCUT2D eigenvalue weighted by atomic mass is 16.6. The summed E-state index contributed by atoms with van der Waals surface area (Å²) >= 11 is 0. The molecule has 1 atom stereocenters. The number of carbonyl (C=O) groups excluding carboxylic acids is 1. The van der Waals surface area contributed by atoms with E-state index in [1.165, 1.54) is 0 Å². The fraction of sp³-hybridized carbons (Fsp3) is 0.533. The van der Waals surface area contributed by atoms with Crippen molar-refractivity contribution >= 4 is 6.09 Å². The molecule has 118 valence electrons. The van der Waals surface area contributed by atoms with Crippen molar-refractivity contribution in [3.8, 4) is 11.5 Å². The Morgan fingerprint density at radius 1 is 1.29 bits per heavy atom. The minimum absolute atomic E-state index is 0.211. The van der Waals surface area contributed by atoms with Crippen molar-refractivity contribution in [1.82, 2.24) is 5.32 Å². The summed E-state index contributed by atoms with van der Waals surface area (Å²) in [5.41, 5.74) is 5.94. The zero-order valence-corrected chi connectivity index (χ0v) is 13.2. The molecule has 0 aliphatic heterocycles. The smallest absolute Gasteiger partial charge is 0.408 e. The van der Waals surface area contributed by atoms with Crippen LogP contribution < -0.4 is 20.5 Å². The molecule has 0 aliphatic carbocycles. The lowest BCUT2D eigenvalue weighted by Gasteiger charge is -2.24. The highest BCUT2D eigenvalue weighted by Crippen LogP contribution is 2.29. The normalized spacial score (nSPS) is 12.5. The van der Waals surface area contributed by atoms with Crippen molar-refractivity contribution in [3.63, 3.8) is 0 Å². The Morgan fingerprint density at radius 3 is 2.43 bits per heavy atom. The number of nitrogens with one attached hydrogen (secondary N) is 1. The van der Waals surface area contributed by atoms with Gasteiger partial charge in [0.15, 0.2) is 0 Å². The maximum absolute atomic E-state index is 11.9. The molecule has 0 aromatic heterocycles. The number of ether oxygens (including phenoxy) is 3. The number of nitrogens with two attached hydrogens (primary N) is 1. The van der Waals surface area contributed by atoms with E-state index >= 15 is 0 Å². The molecule has 3 N–H and O–H groups in total. The second kappa shape index (κ2) is 7.17. The molecule has 0 fully saturated rings. The van der Waals surface area contributed by atoms with Gasteiger partial charge in [-0.05, 0) is 39.0 Å². The molecule has 1 unspecified atom stereocenters. The highest BCUT2D eigenvalue weighted by molar-refractivity contribution is 5.68. The number of alkyl carbamates (subject to hydrolysis) is 1. The van der Waals surface area contributed by atoms with Crippen LogP contribution in [0.15, 0.2) is 18.2 Å². The van der Waals surface area contributed by atoms with Crippen molar-refractivity contribution in [2.24, 2.45) is 5.73 Å². The third-order valence-electron chi connectivity index (χ3n) is 2.74. The first-order chi connectivity index (χ1) is 9.80. The summed E-state index contributed by atoms with van der Waals surface area (Å²) in [7, 11) is 3.14. The first-order valence-electron chi connectivity index (χ1n) is 6.72. The number of rotatable bonds is 5. The van der Waals surface area contributed by atoms with E-state index in [9.17, 15) is 4.79 Å². The van der Waals surface area contributed by atoms with Gasteiger partial charge in [-0.2, -0.15) is 0 Å². The van der Waals surface area contributed by atoms with Gasteiger partial charge in [0.25, 0.3) is 0 Å². The van der Waals surface area contributed by atoms with Crippen molar-refractivity contribution in [2.45, 2.75) is 32.4 Å². The standard InChI is InChI=1S/C15H24N2O4/c1-15(2,3)21-14(18)17-12(9-16)11-8-10(19-4)6-7-13(11)20-5/h6-8,12H,9,16H2,1-5H3,(H,17,18). The van der Waals surface area contributed by atoms with Crippen LogP contribution in [0.5, 0.6) is 11.5 Å². The summed E-state index contributed by atoms with van der Waals surface area (Å²) in [4.78, 5) is 11.9. The molecule has 1 aromatic carbocycles. The Bertz CT molecular complexity index is 483. The van der Waals surface area contributed by atoms with Crippen LogP contribution in [0.1, 0.15) is 32.4 Å². The zero-order chi connectivity index (χ0) is 16.0. The molecule has 1 amide bonds. The van der Waals surface area contributed by atoms with Crippen molar-refractivity contribution in [3.05, 3.63) is 23.8 Å². The predicted molar refractivity (Wildman–Crippen MR) is 80.7 cm³/mol. The lowest BCUT2D eigenvalue weighted by atomic mass is 10.1. The summed E-state index contributed by atoms with van der Waals surface area (Å²) in [5.74, 6) is 1.29. The van der Waals surface area contributed by atoms with E-state index in [1.807, 2.05) is 0 Å². The maximum atomic E-state index is 11.9. The van der Waals surface area contributed by atoms with Crippen molar-refractivity contribution in [1.29, 1.82) is 0 Å². The van der Waals surface area contributed by atoms with E-state index in [0.29, 0.717) is 11.5 Å². The zero-order valence-electron chi connectivity index (χ0n) is 13.2. The van der Waals surface area contributed by atoms with Crippen LogP contribution in [0, 0.1) is 0 Å². The van der Waals surface area contributed by atoms with Gasteiger partial charge in [0.2, 0.25) is 0 Å². The van der Waals surface area contributed by atoms with Crippen molar-refractivity contribution in [2.75, 3.05) is 20.8 Å². The number of amides is 1. The summed E-state index contributed by atoms with van der Waals surface area (Å²) in [5, 5.41) is 2.74. The largest absolute Gasteiger partial charge is 0.497 e. The molecular weight excluding hydrogens is 272 g/mol. The Kier molecular flexibility index (Phi) is 5.84. The van der Waals surface area contributed by atoms with Crippen LogP contribution in [0.3, 0.4) is 0 Å². The molecule has 0 heterocycles. The molecule has 0 aliphatic rings. The Morgan fingerprint density at radius 2 is 1.95 bits per heavy atom. The average molecular weight is 296 g/mol. The molecule has 0 saturated heterocycles. The highest BCUT2D eigenvalue weighted by Gasteiger charge is 2.22. The van der Waals surface area contributed by atoms with Gasteiger partial charge >= 0.3 is 6.09 Å². The number of hydrogen-bond donors (Lipinski definition) is 2. The summed E-state index contributed by atoms with van der Waals surface area (Å²) in [6.45, 7) is 5.62. The van der Waals surface area contributed by atoms with Gasteiger partial charge < -0.3 is 25.3 Å². The van der Waals surface area contributed by atoms with Crippen LogP contribution in [0.25, 0.3) is 0 Å². The van der Waals surface area contributed by atoms with Crippen LogP contribution in [-0.2, 0) is 4.74 Å². The molecular formula is C15H24N2O4. The molecule has 6 heteroatoms. The van der Waals surface area contributed by atoms with E-state index < -0.39 is 17.7 Å². The van der Waals surface area contributed by atoms with E-state index in [4.69, 9.17) is 19.9 Å². The van der Waals surface area contributed by atoms with Gasteiger partial charge in [-0.3, -0.25) is 0 Å². The van der Waals surface area contributed by atoms with Crippen LogP contribution >= 0.6 is 0 Å². The summed E-state index contributed by atoms with van der Waals surface area (Å²) in [6, 6.07) is 4.91. The average Bonchev–Trinajstić information content (AvgIpc) is 2.42. The first-order valence-corrected chi connectivity index (χ1v) is 6.72. The third kappa shape index (κ3) is 5.15. The number of carbonyl (C=O) groups is 1. The lowest BCUT2D eigenvalue weighted by molar-refractivity contribution is 0.0504. The number of hydrogen-bond acceptors (Lipinski definition) is 5. The van der Waals surface area contributed by atoms with Crippen molar-refractivity contribution < 1.29 is 19.0 Å². The van der Waals surface area contributed by atoms with E-state index in [-0.39, 0.29) is 6.54 Å². The fourth-order valence-corrected chi connectivity index (χ4v) is 1.83. The van der Waals surface area contributed by atoms with Gasteiger partial charge in [0, 0.05) is 12.1 Å². The first kappa shape index (κ1) is 17.1. The lowest BCUT2D eigenvalue weighted by Crippen LogP contribution is -2.37. The molecule has 21 heavy (non-hydrogen) atoms. The molecule has 1 aromatic rings. The minimum Gasteiger partial charge on any atom is -0.497 e. The van der Waals surface area contributed by atoms with Gasteiger partial charge in [-0.25, -0.2) is 4.79 Å². The van der Waals surface area contributed by atoms with Crippen LogP contribution in [0.4, 0.5) is 4.79 Å². The second-order valence-electron chi connectivity index (χ2n) is 5.54. The summed E-state index contributed by atoms with van der Waals surface area (Å²) < 4.78 is 15.7. The Labute approximate surface area is 125 Å². The van der Waals surface area contributed by atoms with E-state index in [0.717, 1.165) is 5.56 Å². The van der Waals surface area contributed by atoms with Gasteiger partial charge in [0.05, 0.1) is 20.3 Å². The van der Waals surface area contributed by atoms with Crippen LogP contribution in [0.2, 0.25) is 0 Å². The molecule has 6 nitrogen and oxygen atoms in total. The monoisotopic (exact) mass is 296 g/mol. The Balaban J connectivity index is 2.96. The molecule has 0 bridgehead atoms. The molecule has 0 radical (unpaired) electrons. The SMILES string of the molecule is COc1ccc(OC)c(C(CN)NC(=O)OC(C)(C)C)c1. The topological polar surface area (TPSA) is 82.8 Å². The quantitative estimate of drug-likeness (QED) is 0.870. The molecule has 0 spiro atoms. The van der Waals surface area contributed by atoms with Gasteiger partial charge in [-0.1, -0.05) is 0 Å². The number of methoxy groups -OCH3 is 2. The Hall–Kier alpha value is -1.95.